The van der Waals surface area contributed by atoms with Crippen LogP contribution < -0.4 is 20.1 Å². The Bertz CT molecular complexity index is 594. The average Bonchev–Trinajstić information content (AvgIpc) is 3.18. The fraction of sp³-hybridized carbons (Fsp3) is 0.611. The molecule has 1 aromatic carbocycles. The second kappa shape index (κ2) is 5.95. The lowest BCUT2D eigenvalue weighted by Gasteiger charge is -2.27. The SMILES string of the molecule is COc1ccc(C2CNC(=O)NC2)cc1O[C@H]1CC2CC[C@H]1C2. The summed E-state index contributed by atoms with van der Waals surface area (Å²) in [7, 11) is 1.69. The first kappa shape index (κ1) is 14.7. The summed E-state index contributed by atoms with van der Waals surface area (Å²) in [6.07, 6.45) is 5.51. The van der Waals surface area contributed by atoms with Gasteiger partial charge in [0.2, 0.25) is 0 Å². The quantitative estimate of drug-likeness (QED) is 0.898. The first-order valence-corrected chi connectivity index (χ1v) is 8.59. The molecule has 1 unspecified atom stereocenters. The second-order valence-corrected chi connectivity index (χ2v) is 7.03. The van der Waals surface area contributed by atoms with Crippen LogP contribution in [0.2, 0.25) is 0 Å². The van der Waals surface area contributed by atoms with Gasteiger partial charge in [-0.15, -0.1) is 0 Å². The van der Waals surface area contributed by atoms with Gasteiger partial charge in [0.15, 0.2) is 11.5 Å². The highest BCUT2D eigenvalue weighted by Crippen LogP contribution is 2.47. The number of carbonyl (C=O) groups excluding carboxylic acids is 1. The Morgan fingerprint density at radius 3 is 2.57 bits per heavy atom. The van der Waals surface area contributed by atoms with Crippen molar-refractivity contribution < 1.29 is 14.3 Å². The van der Waals surface area contributed by atoms with E-state index < -0.39 is 0 Å². The zero-order valence-corrected chi connectivity index (χ0v) is 13.5. The van der Waals surface area contributed by atoms with Gasteiger partial charge in [-0.3, -0.25) is 0 Å². The number of rotatable bonds is 4. The normalized spacial score (nSPS) is 30.0. The van der Waals surface area contributed by atoms with Gasteiger partial charge in [0.25, 0.3) is 0 Å². The summed E-state index contributed by atoms with van der Waals surface area (Å²) < 4.78 is 11.8. The molecule has 1 heterocycles. The molecule has 3 aliphatic rings. The lowest BCUT2D eigenvalue weighted by molar-refractivity contribution is 0.133. The van der Waals surface area contributed by atoms with Crippen LogP contribution in [0, 0.1) is 11.8 Å². The number of urea groups is 1. The monoisotopic (exact) mass is 316 g/mol. The zero-order chi connectivity index (χ0) is 15.8. The minimum atomic E-state index is -0.0896. The molecule has 0 aromatic heterocycles. The van der Waals surface area contributed by atoms with Gasteiger partial charge < -0.3 is 20.1 Å². The third-order valence-electron chi connectivity index (χ3n) is 5.63. The van der Waals surface area contributed by atoms with E-state index in [-0.39, 0.29) is 11.9 Å². The molecule has 3 atom stereocenters. The fourth-order valence-corrected chi connectivity index (χ4v) is 4.34. The summed E-state index contributed by atoms with van der Waals surface area (Å²) in [5, 5.41) is 5.70. The number of nitrogens with one attached hydrogen (secondary N) is 2. The molecule has 1 aliphatic heterocycles. The van der Waals surface area contributed by atoms with Gasteiger partial charge in [-0.25, -0.2) is 4.79 Å². The van der Waals surface area contributed by atoms with Gasteiger partial charge in [-0.1, -0.05) is 6.07 Å². The number of amides is 2. The van der Waals surface area contributed by atoms with Crippen molar-refractivity contribution in [2.75, 3.05) is 20.2 Å². The molecule has 2 aliphatic carbocycles. The molecule has 2 N–H and O–H groups in total. The Hall–Kier alpha value is -1.91. The van der Waals surface area contributed by atoms with Crippen LogP contribution in [0.5, 0.6) is 11.5 Å². The van der Waals surface area contributed by atoms with Crippen molar-refractivity contribution in [3.63, 3.8) is 0 Å². The van der Waals surface area contributed by atoms with Crippen LogP contribution in [0.25, 0.3) is 0 Å². The van der Waals surface area contributed by atoms with Crippen molar-refractivity contribution in [2.24, 2.45) is 11.8 Å². The number of hydrogen-bond acceptors (Lipinski definition) is 3. The van der Waals surface area contributed by atoms with Crippen molar-refractivity contribution in [2.45, 2.75) is 37.7 Å². The number of hydrogen-bond donors (Lipinski definition) is 2. The molecule has 0 spiro atoms. The van der Waals surface area contributed by atoms with Gasteiger partial charge in [-0.2, -0.15) is 0 Å². The van der Waals surface area contributed by atoms with Crippen LogP contribution in [0.4, 0.5) is 4.79 Å². The lowest BCUT2D eigenvalue weighted by atomic mass is 9.96. The van der Waals surface area contributed by atoms with Gasteiger partial charge in [0.1, 0.15) is 6.10 Å². The predicted molar refractivity (Wildman–Crippen MR) is 87.0 cm³/mol. The van der Waals surface area contributed by atoms with Crippen molar-refractivity contribution in [3.05, 3.63) is 23.8 Å². The molecule has 5 nitrogen and oxygen atoms in total. The van der Waals surface area contributed by atoms with E-state index in [4.69, 9.17) is 9.47 Å². The standard InChI is InChI=1S/C18H24N2O3/c1-22-15-5-4-12(14-9-19-18(21)20-10-14)8-17(15)23-16-7-11-2-3-13(16)6-11/h4-5,8,11,13-14,16H,2-3,6-7,9-10H2,1H3,(H2,19,20,21)/t11?,13-,16-/m0/s1. The van der Waals surface area contributed by atoms with Crippen molar-refractivity contribution in [1.82, 2.24) is 10.6 Å². The number of fused-ring (bicyclic) bond motifs is 2. The predicted octanol–water partition coefficient (Wildman–Crippen LogP) is 2.66. The Morgan fingerprint density at radius 1 is 1.09 bits per heavy atom. The van der Waals surface area contributed by atoms with Crippen LogP contribution in [0.1, 0.15) is 37.2 Å². The molecular weight excluding hydrogens is 292 g/mol. The molecule has 124 valence electrons. The van der Waals surface area contributed by atoms with Crippen LogP contribution >= 0.6 is 0 Å². The van der Waals surface area contributed by atoms with E-state index in [0.29, 0.717) is 25.1 Å². The van der Waals surface area contributed by atoms with Crippen LogP contribution in [0.3, 0.4) is 0 Å². The van der Waals surface area contributed by atoms with E-state index in [1.807, 2.05) is 6.07 Å². The lowest BCUT2D eigenvalue weighted by Crippen LogP contribution is -2.47. The highest BCUT2D eigenvalue weighted by atomic mass is 16.5. The first-order valence-electron chi connectivity index (χ1n) is 8.59. The smallest absolute Gasteiger partial charge is 0.314 e. The van der Waals surface area contributed by atoms with Crippen molar-refractivity contribution in [3.8, 4) is 11.5 Å². The second-order valence-electron chi connectivity index (χ2n) is 7.03. The maximum atomic E-state index is 11.2. The van der Waals surface area contributed by atoms with Crippen LogP contribution in [0.15, 0.2) is 18.2 Å². The van der Waals surface area contributed by atoms with Crippen molar-refractivity contribution >= 4 is 6.03 Å². The Labute approximate surface area is 136 Å². The summed E-state index contributed by atoms with van der Waals surface area (Å²) in [5.74, 6) is 3.48. The summed E-state index contributed by atoms with van der Waals surface area (Å²) >= 11 is 0. The molecule has 1 aromatic rings. The topological polar surface area (TPSA) is 59.6 Å². The number of methoxy groups -OCH3 is 1. The van der Waals surface area contributed by atoms with Crippen LogP contribution in [-0.2, 0) is 0 Å². The fourth-order valence-electron chi connectivity index (χ4n) is 4.34. The minimum absolute atomic E-state index is 0.0896. The molecule has 4 rings (SSSR count). The Morgan fingerprint density at radius 2 is 1.91 bits per heavy atom. The van der Waals surface area contributed by atoms with E-state index in [1.165, 1.54) is 31.2 Å². The Kier molecular flexibility index (Phi) is 3.79. The maximum Gasteiger partial charge on any atom is 0.314 e. The van der Waals surface area contributed by atoms with E-state index in [0.717, 1.165) is 17.4 Å². The van der Waals surface area contributed by atoms with E-state index in [9.17, 15) is 4.79 Å². The molecule has 0 radical (unpaired) electrons. The highest BCUT2D eigenvalue weighted by Gasteiger charge is 2.41. The molecule has 3 fully saturated rings. The van der Waals surface area contributed by atoms with E-state index in [1.54, 1.807) is 7.11 Å². The first-order chi connectivity index (χ1) is 11.2. The molecular formula is C18H24N2O3. The summed E-state index contributed by atoms with van der Waals surface area (Å²) in [4.78, 5) is 11.2. The largest absolute Gasteiger partial charge is 0.493 e. The van der Waals surface area contributed by atoms with Gasteiger partial charge >= 0.3 is 6.03 Å². The molecule has 2 amide bonds. The summed E-state index contributed by atoms with van der Waals surface area (Å²) in [5.41, 5.74) is 1.18. The maximum absolute atomic E-state index is 11.2. The highest BCUT2D eigenvalue weighted by molar-refractivity contribution is 5.75. The molecule has 5 heteroatoms. The minimum Gasteiger partial charge on any atom is -0.493 e. The van der Waals surface area contributed by atoms with Crippen molar-refractivity contribution in [1.29, 1.82) is 0 Å². The molecule has 2 bridgehead atoms. The summed E-state index contributed by atoms with van der Waals surface area (Å²) in [6.45, 7) is 1.32. The molecule has 2 saturated carbocycles. The number of carbonyl (C=O) groups is 1. The van der Waals surface area contributed by atoms with Gasteiger partial charge in [-0.05, 0) is 55.2 Å². The third kappa shape index (κ3) is 2.84. The van der Waals surface area contributed by atoms with E-state index in [2.05, 4.69) is 22.8 Å². The number of ether oxygens (including phenoxy) is 2. The van der Waals surface area contributed by atoms with Gasteiger partial charge in [0, 0.05) is 19.0 Å². The average molecular weight is 316 g/mol. The zero-order valence-electron chi connectivity index (χ0n) is 13.5. The Balaban J connectivity index is 1.52. The summed E-state index contributed by atoms with van der Waals surface area (Å²) in [6, 6.07) is 6.05. The molecule has 1 saturated heterocycles. The number of benzene rings is 1. The third-order valence-corrected chi connectivity index (χ3v) is 5.63. The van der Waals surface area contributed by atoms with Crippen LogP contribution in [-0.4, -0.2) is 32.3 Å². The van der Waals surface area contributed by atoms with Gasteiger partial charge in [0.05, 0.1) is 7.11 Å². The molecule has 23 heavy (non-hydrogen) atoms. The van der Waals surface area contributed by atoms with E-state index >= 15 is 0 Å².